The molecule has 2 N–H and O–H groups in total. The maximum absolute atomic E-state index is 10.9. The van der Waals surface area contributed by atoms with Crippen molar-refractivity contribution in [2.75, 3.05) is 13.2 Å². The van der Waals surface area contributed by atoms with Gasteiger partial charge < -0.3 is 15.2 Å². The van der Waals surface area contributed by atoms with Crippen LogP contribution in [0, 0.1) is 5.92 Å². The van der Waals surface area contributed by atoms with Gasteiger partial charge in [0.25, 0.3) is 0 Å². The van der Waals surface area contributed by atoms with Crippen LogP contribution in [-0.2, 0) is 4.74 Å². The van der Waals surface area contributed by atoms with Crippen molar-refractivity contribution in [3.63, 3.8) is 0 Å². The average molecular weight is 185 g/mol. The first kappa shape index (κ1) is 8.81. The molecule has 2 fully saturated rings. The number of hydrogen-bond acceptors (Lipinski definition) is 3. The maximum Gasteiger partial charge on any atom is 0.407 e. The van der Waals surface area contributed by atoms with Gasteiger partial charge in [-0.15, -0.1) is 0 Å². The van der Waals surface area contributed by atoms with Crippen molar-refractivity contribution in [2.45, 2.75) is 31.2 Å². The fourth-order valence-corrected chi connectivity index (χ4v) is 2.17. The van der Waals surface area contributed by atoms with Gasteiger partial charge in [-0.2, -0.15) is 0 Å². The molecule has 0 aromatic rings. The Hall–Kier alpha value is -0.770. The number of aliphatic hydroxyl groups is 1. The highest BCUT2D eigenvalue weighted by molar-refractivity contribution is 5.70. The molecule has 74 valence electrons. The molecule has 1 aliphatic carbocycles. The Labute approximate surface area is 77.3 Å². The van der Waals surface area contributed by atoms with E-state index in [4.69, 9.17) is 9.84 Å². The van der Waals surface area contributed by atoms with Gasteiger partial charge in [0.1, 0.15) is 6.61 Å². The Bertz CT molecular complexity index is 209. The lowest BCUT2D eigenvalue weighted by Gasteiger charge is -2.34. The summed E-state index contributed by atoms with van der Waals surface area (Å²) in [5.74, 6) is 0.420. The van der Waals surface area contributed by atoms with E-state index in [1.54, 1.807) is 0 Å². The van der Waals surface area contributed by atoms with Crippen molar-refractivity contribution in [1.82, 2.24) is 5.32 Å². The number of ether oxygens (including phenoxy) is 1. The second-order valence-electron chi connectivity index (χ2n) is 4.11. The molecule has 1 spiro atoms. The molecule has 0 aromatic heterocycles. The lowest BCUT2D eigenvalue weighted by atomic mass is 9.77. The molecule has 0 bridgehead atoms. The molecule has 0 atom stereocenters. The highest BCUT2D eigenvalue weighted by atomic mass is 16.6. The van der Waals surface area contributed by atoms with Crippen LogP contribution in [0.4, 0.5) is 4.79 Å². The number of aliphatic hydroxyl groups excluding tert-OH is 1. The number of alkyl carbamates (subject to hydrolysis) is 1. The zero-order chi connectivity index (χ0) is 9.31. The number of cyclic esters (lactones) is 1. The standard InChI is InChI=1S/C9H15NO3/c11-5-7-1-3-9(4-2-7)6-13-8(12)10-9/h7,11H,1-6H2,(H,10,12). The third kappa shape index (κ3) is 1.63. The monoisotopic (exact) mass is 185 g/mol. The minimum atomic E-state index is -0.289. The summed E-state index contributed by atoms with van der Waals surface area (Å²) in [6.45, 7) is 0.773. The maximum atomic E-state index is 10.9. The number of nitrogens with one attached hydrogen (secondary N) is 1. The Kier molecular flexibility index (Phi) is 2.15. The third-order valence-corrected chi connectivity index (χ3v) is 3.17. The van der Waals surface area contributed by atoms with Gasteiger partial charge in [-0.05, 0) is 31.6 Å². The molecule has 1 aliphatic heterocycles. The Morgan fingerprint density at radius 3 is 2.69 bits per heavy atom. The van der Waals surface area contributed by atoms with Gasteiger partial charge >= 0.3 is 6.09 Å². The van der Waals surface area contributed by atoms with Gasteiger partial charge in [-0.3, -0.25) is 0 Å². The normalized spacial score (nSPS) is 38.8. The van der Waals surface area contributed by atoms with Gasteiger partial charge in [0.05, 0.1) is 5.54 Å². The summed E-state index contributed by atoms with van der Waals surface area (Å²) >= 11 is 0. The number of amides is 1. The van der Waals surface area contributed by atoms with Gasteiger partial charge in [-0.1, -0.05) is 0 Å². The average Bonchev–Trinajstić information content (AvgIpc) is 2.49. The molecule has 2 aliphatic rings. The van der Waals surface area contributed by atoms with Crippen molar-refractivity contribution < 1.29 is 14.6 Å². The summed E-state index contributed by atoms with van der Waals surface area (Å²) in [5, 5.41) is 11.8. The second kappa shape index (κ2) is 3.18. The van der Waals surface area contributed by atoms with Crippen LogP contribution < -0.4 is 5.32 Å². The molecule has 13 heavy (non-hydrogen) atoms. The largest absolute Gasteiger partial charge is 0.447 e. The van der Waals surface area contributed by atoms with E-state index in [1.165, 1.54) is 0 Å². The zero-order valence-electron chi connectivity index (χ0n) is 7.58. The predicted molar refractivity (Wildman–Crippen MR) is 46.3 cm³/mol. The molecular formula is C9H15NO3. The number of carbonyl (C=O) groups is 1. The summed E-state index contributed by atoms with van der Waals surface area (Å²) in [4.78, 5) is 10.9. The molecule has 1 saturated carbocycles. The van der Waals surface area contributed by atoms with E-state index >= 15 is 0 Å². The minimum absolute atomic E-state index is 0.108. The predicted octanol–water partition coefficient (Wildman–Crippen LogP) is 0.647. The first-order chi connectivity index (χ1) is 6.24. The Morgan fingerprint density at radius 1 is 1.54 bits per heavy atom. The number of rotatable bonds is 1. The molecule has 0 radical (unpaired) electrons. The van der Waals surface area contributed by atoms with Crippen LogP contribution in [-0.4, -0.2) is 30.0 Å². The van der Waals surface area contributed by atoms with Crippen LogP contribution in [0.2, 0.25) is 0 Å². The fraction of sp³-hybridized carbons (Fsp3) is 0.889. The van der Waals surface area contributed by atoms with Crippen molar-refractivity contribution in [3.05, 3.63) is 0 Å². The molecule has 4 nitrogen and oxygen atoms in total. The Morgan fingerprint density at radius 2 is 2.23 bits per heavy atom. The first-order valence-corrected chi connectivity index (χ1v) is 4.80. The topological polar surface area (TPSA) is 58.6 Å². The van der Waals surface area contributed by atoms with E-state index in [1.807, 2.05) is 0 Å². The summed E-state index contributed by atoms with van der Waals surface area (Å²) in [6, 6.07) is 0. The number of carbonyl (C=O) groups excluding carboxylic acids is 1. The number of hydrogen-bond donors (Lipinski definition) is 2. The van der Waals surface area contributed by atoms with Crippen LogP contribution >= 0.6 is 0 Å². The zero-order valence-corrected chi connectivity index (χ0v) is 7.58. The summed E-state index contributed by atoms with van der Waals surface area (Å²) in [7, 11) is 0. The van der Waals surface area contributed by atoms with Crippen LogP contribution in [0.25, 0.3) is 0 Å². The lowest BCUT2D eigenvalue weighted by Crippen LogP contribution is -2.46. The Balaban J connectivity index is 1.93. The van der Waals surface area contributed by atoms with Crippen molar-refractivity contribution >= 4 is 6.09 Å². The highest BCUT2D eigenvalue weighted by Gasteiger charge is 2.42. The third-order valence-electron chi connectivity index (χ3n) is 3.17. The van der Waals surface area contributed by atoms with E-state index in [0.29, 0.717) is 12.5 Å². The molecule has 0 unspecified atom stereocenters. The SMILES string of the molecule is O=C1NC2(CCC(CO)CC2)CO1. The summed E-state index contributed by atoms with van der Waals surface area (Å²) in [5.41, 5.74) is -0.108. The first-order valence-electron chi connectivity index (χ1n) is 4.80. The lowest BCUT2D eigenvalue weighted by molar-refractivity contribution is 0.128. The van der Waals surface area contributed by atoms with Gasteiger partial charge in [-0.25, -0.2) is 4.79 Å². The molecule has 4 heteroatoms. The molecule has 2 rings (SSSR count). The van der Waals surface area contributed by atoms with Gasteiger partial charge in [0.15, 0.2) is 0 Å². The van der Waals surface area contributed by atoms with Crippen molar-refractivity contribution in [3.8, 4) is 0 Å². The van der Waals surface area contributed by atoms with E-state index < -0.39 is 0 Å². The van der Waals surface area contributed by atoms with Crippen molar-refractivity contribution in [2.24, 2.45) is 5.92 Å². The fourth-order valence-electron chi connectivity index (χ4n) is 2.17. The minimum Gasteiger partial charge on any atom is -0.447 e. The molecular weight excluding hydrogens is 170 g/mol. The smallest absolute Gasteiger partial charge is 0.407 e. The molecule has 0 aromatic carbocycles. The van der Waals surface area contributed by atoms with Gasteiger partial charge in [0, 0.05) is 6.61 Å². The second-order valence-corrected chi connectivity index (χ2v) is 4.11. The van der Waals surface area contributed by atoms with E-state index in [-0.39, 0.29) is 18.2 Å². The van der Waals surface area contributed by atoms with E-state index in [0.717, 1.165) is 25.7 Å². The highest BCUT2D eigenvalue weighted by Crippen LogP contribution is 2.34. The summed E-state index contributed by atoms with van der Waals surface area (Å²) in [6.07, 6.45) is 3.55. The van der Waals surface area contributed by atoms with E-state index in [2.05, 4.69) is 5.32 Å². The molecule has 1 heterocycles. The van der Waals surface area contributed by atoms with Crippen LogP contribution in [0.1, 0.15) is 25.7 Å². The molecule has 1 saturated heterocycles. The molecule has 1 amide bonds. The van der Waals surface area contributed by atoms with E-state index in [9.17, 15) is 4.79 Å². The van der Waals surface area contributed by atoms with Crippen LogP contribution in [0.3, 0.4) is 0 Å². The quantitative estimate of drug-likeness (QED) is 0.630. The van der Waals surface area contributed by atoms with Gasteiger partial charge in [0.2, 0.25) is 0 Å². The summed E-state index contributed by atoms with van der Waals surface area (Å²) < 4.78 is 4.90. The van der Waals surface area contributed by atoms with Crippen LogP contribution in [0.15, 0.2) is 0 Å². The van der Waals surface area contributed by atoms with Crippen LogP contribution in [0.5, 0.6) is 0 Å². The van der Waals surface area contributed by atoms with Crippen molar-refractivity contribution in [1.29, 1.82) is 0 Å².